The molecule has 1 amide bonds. The van der Waals surface area contributed by atoms with Crippen LogP contribution in [0.1, 0.15) is 19.8 Å². The van der Waals surface area contributed by atoms with Crippen molar-refractivity contribution in [3.63, 3.8) is 0 Å². The van der Waals surface area contributed by atoms with Crippen LogP contribution in [0.2, 0.25) is 5.02 Å². The Balaban J connectivity index is 1.45. The molecule has 0 saturated carbocycles. The number of carbonyl (C=O) groups is 1. The summed E-state index contributed by atoms with van der Waals surface area (Å²) >= 11 is 6.06. The van der Waals surface area contributed by atoms with Crippen molar-refractivity contribution < 1.29 is 14.3 Å². The molecule has 0 aliphatic carbocycles. The number of rotatable bonds is 5. The molecule has 24 heavy (non-hydrogen) atoms. The van der Waals surface area contributed by atoms with Crippen molar-refractivity contribution in [1.82, 2.24) is 4.90 Å². The van der Waals surface area contributed by atoms with E-state index in [1.54, 1.807) is 0 Å². The van der Waals surface area contributed by atoms with Gasteiger partial charge in [-0.2, -0.15) is 0 Å². The number of amides is 1. The molecular formula is C18H25ClN2O3. The zero-order valence-electron chi connectivity index (χ0n) is 14.1. The Morgan fingerprint density at radius 2 is 2.17 bits per heavy atom. The molecule has 2 aliphatic heterocycles. The first kappa shape index (κ1) is 17.5. The minimum absolute atomic E-state index is 0.0683. The molecule has 5 nitrogen and oxygen atoms in total. The van der Waals surface area contributed by atoms with Crippen LogP contribution in [0, 0.1) is 0 Å². The number of carbonyl (C=O) groups excluding carboxylic acids is 1. The van der Waals surface area contributed by atoms with Crippen LogP contribution in [0.3, 0.4) is 0 Å². The number of halogens is 1. The van der Waals surface area contributed by atoms with Gasteiger partial charge in [0.05, 0.1) is 12.7 Å². The first-order valence-corrected chi connectivity index (χ1v) is 9.04. The molecule has 2 saturated heterocycles. The van der Waals surface area contributed by atoms with Gasteiger partial charge in [-0.3, -0.25) is 4.79 Å². The number of anilines is 1. The summed E-state index contributed by atoms with van der Waals surface area (Å²) < 4.78 is 11.3. The van der Waals surface area contributed by atoms with Gasteiger partial charge < -0.3 is 19.3 Å². The largest absolute Gasteiger partial charge is 0.376 e. The highest BCUT2D eigenvalue weighted by Gasteiger charge is 2.26. The summed E-state index contributed by atoms with van der Waals surface area (Å²) in [5.74, 6) is 0.0683. The summed E-state index contributed by atoms with van der Waals surface area (Å²) in [4.78, 5) is 16.7. The number of ether oxygens (including phenoxy) is 2. The Kier molecular flexibility index (Phi) is 5.98. The second-order valence-corrected chi connectivity index (χ2v) is 6.84. The van der Waals surface area contributed by atoms with Crippen molar-refractivity contribution in [2.45, 2.75) is 32.0 Å². The average molecular weight is 353 g/mol. The zero-order valence-corrected chi connectivity index (χ0v) is 14.9. The molecule has 1 aromatic rings. The minimum atomic E-state index is -0.410. The molecule has 132 valence electrons. The maximum absolute atomic E-state index is 12.5. The van der Waals surface area contributed by atoms with Gasteiger partial charge in [0, 0.05) is 43.5 Å². The molecule has 0 radical (unpaired) electrons. The third-order valence-corrected chi connectivity index (χ3v) is 4.90. The lowest BCUT2D eigenvalue weighted by Crippen LogP contribution is -2.51. The fourth-order valence-electron chi connectivity index (χ4n) is 3.21. The van der Waals surface area contributed by atoms with Crippen molar-refractivity contribution in [3.05, 3.63) is 29.3 Å². The van der Waals surface area contributed by atoms with E-state index >= 15 is 0 Å². The second kappa shape index (κ2) is 8.19. The van der Waals surface area contributed by atoms with E-state index in [1.807, 2.05) is 30.0 Å². The lowest BCUT2D eigenvalue weighted by molar-refractivity contribution is -0.144. The molecule has 0 unspecified atom stereocenters. The number of hydrogen-bond acceptors (Lipinski definition) is 4. The highest BCUT2D eigenvalue weighted by atomic mass is 35.5. The average Bonchev–Trinajstić information content (AvgIpc) is 3.13. The summed E-state index contributed by atoms with van der Waals surface area (Å²) in [5, 5.41) is 0.738. The van der Waals surface area contributed by atoms with Crippen LogP contribution >= 0.6 is 11.6 Å². The standard InChI is InChI=1S/C18H25ClN2O3/c1-14(24-13-17-6-3-11-23-17)18(22)21-9-7-20(8-10-21)16-5-2-4-15(19)12-16/h2,4-5,12,14,17H,3,6-11,13H2,1H3/t14-,17-/m1/s1. The Morgan fingerprint density at radius 1 is 1.38 bits per heavy atom. The fraction of sp³-hybridized carbons (Fsp3) is 0.611. The van der Waals surface area contributed by atoms with Crippen molar-refractivity contribution in [3.8, 4) is 0 Å². The Morgan fingerprint density at radius 3 is 2.83 bits per heavy atom. The summed E-state index contributed by atoms with van der Waals surface area (Å²) in [6, 6.07) is 7.84. The first-order valence-electron chi connectivity index (χ1n) is 8.66. The monoisotopic (exact) mass is 352 g/mol. The first-order chi connectivity index (χ1) is 11.6. The Labute approximate surface area is 148 Å². The predicted molar refractivity (Wildman–Crippen MR) is 94.6 cm³/mol. The van der Waals surface area contributed by atoms with Crippen LogP contribution in [0.5, 0.6) is 0 Å². The van der Waals surface area contributed by atoms with E-state index in [4.69, 9.17) is 21.1 Å². The molecule has 3 rings (SSSR count). The van der Waals surface area contributed by atoms with Crippen LogP contribution in [0.4, 0.5) is 5.69 Å². The predicted octanol–water partition coefficient (Wildman–Crippen LogP) is 2.57. The molecule has 0 aromatic heterocycles. The summed E-state index contributed by atoms with van der Waals surface area (Å²) in [7, 11) is 0. The van der Waals surface area contributed by atoms with Crippen molar-refractivity contribution in [2.24, 2.45) is 0 Å². The molecule has 0 N–H and O–H groups in total. The van der Waals surface area contributed by atoms with E-state index in [9.17, 15) is 4.79 Å². The number of hydrogen-bond donors (Lipinski definition) is 0. The SMILES string of the molecule is C[C@@H](OC[C@H]1CCCO1)C(=O)N1CCN(c2cccc(Cl)c2)CC1. The van der Waals surface area contributed by atoms with Gasteiger partial charge in [0.25, 0.3) is 5.91 Å². The molecule has 2 heterocycles. The van der Waals surface area contributed by atoms with Gasteiger partial charge >= 0.3 is 0 Å². The third kappa shape index (κ3) is 4.41. The van der Waals surface area contributed by atoms with Gasteiger partial charge in [-0.15, -0.1) is 0 Å². The van der Waals surface area contributed by atoms with Gasteiger partial charge in [0.1, 0.15) is 6.10 Å². The maximum Gasteiger partial charge on any atom is 0.251 e. The van der Waals surface area contributed by atoms with Gasteiger partial charge in [-0.1, -0.05) is 17.7 Å². The van der Waals surface area contributed by atoms with Gasteiger partial charge in [0.15, 0.2) is 0 Å². The highest BCUT2D eigenvalue weighted by molar-refractivity contribution is 6.30. The van der Waals surface area contributed by atoms with Crippen molar-refractivity contribution in [2.75, 3.05) is 44.3 Å². The summed E-state index contributed by atoms with van der Waals surface area (Å²) in [6.45, 7) is 6.19. The van der Waals surface area contributed by atoms with Gasteiger partial charge in [-0.05, 0) is 38.0 Å². The number of piperazine rings is 1. The normalized spacial score (nSPS) is 22.7. The fourth-order valence-corrected chi connectivity index (χ4v) is 3.40. The van der Waals surface area contributed by atoms with Crippen LogP contribution < -0.4 is 4.90 Å². The van der Waals surface area contributed by atoms with Crippen molar-refractivity contribution >= 4 is 23.2 Å². The Hall–Kier alpha value is -1.30. The third-order valence-electron chi connectivity index (χ3n) is 4.67. The topological polar surface area (TPSA) is 42.0 Å². The molecule has 0 spiro atoms. The van der Waals surface area contributed by atoms with Crippen LogP contribution in [-0.2, 0) is 14.3 Å². The second-order valence-electron chi connectivity index (χ2n) is 6.40. The molecule has 0 bridgehead atoms. The quantitative estimate of drug-likeness (QED) is 0.816. The minimum Gasteiger partial charge on any atom is -0.376 e. The van der Waals surface area contributed by atoms with E-state index < -0.39 is 6.10 Å². The molecule has 2 aliphatic rings. The molecule has 1 aromatic carbocycles. The van der Waals surface area contributed by atoms with E-state index in [0.717, 1.165) is 43.2 Å². The van der Waals surface area contributed by atoms with E-state index in [1.165, 1.54) is 0 Å². The van der Waals surface area contributed by atoms with Crippen molar-refractivity contribution in [1.29, 1.82) is 0 Å². The van der Waals surface area contributed by atoms with Crippen LogP contribution in [-0.4, -0.2) is 62.4 Å². The highest BCUT2D eigenvalue weighted by Crippen LogP contribution is 2.21. The summed E-state index contributed by atoms with van der Waals surface area (Å²) in [5.41, 5.74) is 1.11. The lowest BCUT2D eigenvalue weighted by Gasteiger charge is -2.37. The number of nitrogens with zero attached hydrogens (tertiary/aromatic N) is 2. The summed E-state index contributed by atoms with van der Waals surface area (Å²) in [6.07, 6.45) is 1.85. The van der Waals surface area contributed by atoms with E-state index in [-0.39, 0.29) is 12.0 Å². The smallest absolute Gasteiger partial charge is 0.251 e. The number of benzene rings is 1. The van der Waals surface area contributed by atoms with Crippen LogP contribution in [0.15, 0.2) is 24.3 Å². The van der Waals surface area contributed by atoms with E-state index in [0.29, 0.717) is 19.7 Å². The Bertz CT molecular complexity index is 555. The molecule has 2 atom stereocenters. The van der Waals surface area contributed by atoms with E-state index in [2.05, 4.69) is 11.0 Å². The van der Waals surface area contributed by atoms with Gasteiger partial charge in [0.2, 0.25) is 0 Å². The molecular weight excluding hydrogens is 328 g/mol. The molecule has 2 fully saturated rings. The zero-order chi connectivity index (χ0) is 16.9. The molecule has 6 heteroatoms. The van der Waals surface area contributed by atoms with Crippen LogP contribution in [0.25, 0.3) is 0 Å². The van der Waals surface area contributed by atoms with Gasteiger partial charge in [-0.25, -0.2) is 0 Å². The lowest BCUT2D eigenvalue weighted by atomic mass is 10.2. The maximum atomic E-state index is 12.5.